The topological polar surface area (TPSA) is 239 Å². The number of ether oxygens (including phenoxy) is 6. The number of allylic oxidation sites excluding steroid dienone is 6. The molecule has 4 rings (SSSR count). The third kappa shape index (κ3) is 16.8. The minimum atomic E-state index is -2.47. The maximum Gasteiger partial charge on any atom is 0.329 e. The molecule has 3 heterocycles. The number of piperidine rings is 1. The van der Waals surface area contributed by atoms with E-state index >= 15 is 0 Å². The predicted molar refractivity (Wildman–Crippen MR) is 289 cm³/mol. The Kier molecular flexibility index (Phi) is 24.2. The van der Waals surface area contributed by atoms with Gasteiger partial charge in [-0.25, -0.2) is 4.79 Å². The fourth-order valence-corrected chi connectivity index (χ4v) is 11.4. The maximum atomic E-state index is 14.6. The zero-order valence-corrected chi connectivity index (χ0v) is 48.5. The molecular formula is C60H93NO16. The van der Waals surface area contributed by atoms with Crippen molar-refractivity contribution in [3.8, 4) is 0 Å². The van der Waals surface area contributed by atoms with Gasteiger partial charge in [-0.1, -0.05) is 84.9 Å². The van der Waals surface area contributed by atoms with Gasteiger partial charge in [0.1, 0.15) is 36.2 Å². The number of Topliss-reactive ketones (excluding diaryl/α,β-unsaturated/α-hetero) is 3. The minimum absolute atomic E-state index is 0.00979. The van der Waals surface area contributed by atoms with Gasteiger partial charge < -0.3 is 48.6 Å². The fourth-order valence-electron chi connectivity index (χ4n) is 11.4. The molecule has 3 aliphatic heterocycles. The number of cyclic esters (lactones) is 1. The Labute approximate surface area is 457 Å². The fraction of sp³-hybridized carbons (Fsp3) is 0.750. The number of aliphatic hydroxyl groups is 2. The first-order valence-electron chi connectivity index (χ1n) is 27.9. The molecule has 4 aliphatic rings. The van der Waals surface area contributed by atoms with Crippen LogP contribution in [0.4, 0.5) is 0 Å². The lowest BCUT2D eigenvalue weighted by molar-refractivity contribution is -0.265. The second-order valence-electron chi connectivity index (χ2n) is 24.0. The Morgan fingerprint density at radius 3 is 2.17 bits per heavy atom. The first kappa shape index (κ1) is 65.1. The molecule has 1 aliphatic carbocycles. The highest BCUT2D eigenvalue weighted by atomic mass is 16.6. The van der Waals surface area contributed by atoms with Crippen LogP contribution in [0.3, 0.4) is 0 Å². The summed E-state index contributed by atoms with van der Waals surface area (Å²) in [5.41, 5.74) is -0.842. The zero-order chi connectivity index (χ0) is 57.7. The van der Waals surface area contributed by atoms with Crippen molar-refractivity contribution in [2.75, 3.05) is 27.9 Å². The summed E-state index contributed by atoms with van der Waals surface area (Å²) in [4.78, 5) is 98.1. The van der Waals surface area contributed by atoms with E-state index in [0.717, 1.165) is 5.57 Å². The van der Waals surface area contributed by atoms with E-state index in [1.165, 1.54) is 19.1 Å². The first-order chi connectivity index (χ1) is 36.0. The number of aliphatic carboxylic acids is 1. The summed E-state index contributed by atoms with van der Waals surface area (Å²) in [7, 11) is 4.46. The molecule has 0 aromatic rings. The lowest BCUT2D eigenvalue weighted by Gasteiger charge is -2.43. The molecule has 1 amide bonds. The van der Waals surface area contributed by atoms with E-state index in [-0.39, 0.29) is 55.6 Å². The standard InChI is InChI=1S/C60H93NO16/c1-35-20-16-15-17-21-36(2)47(72-12)32-43-25-23-41(7)60(71,77-43)54(67)55(68)61-27-19-18-22-44(61)56(69)75-48(33-45(62)37(3)29-40(6)52(66)53(74-14)51(65)39(5)28-35)38(4)30-42-24-26-46(49(31-42)73-13)76-57(70)59(10,11)58(8,9)34-50(63)64/h15-17,20-21,29,35,37-39,41-44,46-49,52-53,66,71H,18-19,22-28,30-34H2,1-14H3,(H,63,64)/b17-15?,20-16+,36-21?,40-29+/t35-,37-,38-,39-,41-,42+,43+,44+,46-,47+,48+,49-,52-,53+,60-/m1/s1. The molecule has 0 aromatic heterocycles. The van der Waals surface area contributed by atoms with Crippen molar-refractivity contribution >= 4 is 41.2 Å². The van der Waals surface area contributed by atoms with E-state index in [4.69, 9.17) is 28.4 Å². The van der Waals surface area contributed by atoms with Gasteiger partial charge in [-0.2, -0.15) is 0 Å². The van der Waals surface area contributed by atoms with E-state index in [9.17, 15) is 48.9 Å². The quantitative estimate of drug-likeness (QED) is 0.100. The average molecular weight is 1080 g/mol. The van der Waals surface area contributed by atoms with Crippen LogP contribution in [-0.2, 0) is 62.0 Å². The number of carboxylic acid groups (broad SMARTS) is 1. The Bertz CT molecular complexity index is 2190. The van der Waals surface area contributed by atoms with Crippen molar-refractivity contribution in [2.45, 2.75) is 214 Å². The molecular weight excluding hydrogens is 991 g/mol. The van der Waals surface area contributed by atoms with Crippen LogP contribution < -0.4 is 0 Å². The second-order valence-corrected chi connectivity index (χ2v) is 24.0. The van der Waals surface area contributed by atoms with Crippen molar-refractivity contribution in [3.63, 3.8) is 0 Å². The number of carboxylic acids is 1. The number of hydrogen-bond donors (Lipinski definition) is 3. The first-order valence-corrected chi connectivity index (χ1v) is 27.9. The van der Waals surface area contributed by atoms with Crippen LogP contribution in [0.2, 0.25) is 0 Å². The SMILES string of the molecule is CO[C@H]1C[C@@H]2CC[C@@H](C)[C@@](O)(O2)C(=O)C(=O)N2CCCC[C@H]2C(=O)O[C@H]([C@H](C)C[C@@H]2CC[C@@H](OC(=O)C(C)(C)C(C)(C)CC(=O)O)[C@H](OC)C2)CC(=O)[C@H](C)/C=C(\C)[C@@H](O)[C@@H](OC)C(=O)[C@H](C)C[C@H](C)/C=C/C=CC=C1C. The molecule has 0 unspecified atom stereocenters. The molecule has 0 aromatic carbocycles. The summed E-state index contributed by atoms with van der Waals surface area (Å²) in [5.74, 6) is -10.2. The molecule has 0 spiro atoms. The maximum absolute atomic E-state index is 14.6. The second kappa shape index (κ2) is 28.7. The third-order valence-corrected chi connectivity index (χ3v) is 17.5. The van der Waals surface area contributed by atoms with Crippen LogP contribution in [-0.4, -0.2) is 144 Å². The molecule has 15 atom stereocenters. The van der Waals surface area contributed by atoms with Gasteiger partial charge in [-0.3, -0.25) is 28.8 Å². The lowest BCUT2D eigenvalue weighted by Crippen LogP contribution is -2.61. The number of amides is 1. The summed E-state index contributed by atoms with van der Waals surface area (Å²) in [6, 6.07) is -1.20. The third-order valence-electron chi connectivity index (χ3n) is 17.5. The number of methoxy groups -OCH3 is 3. The van der Waals surface area contributed by atoms with Gasteiger partial charge >= 0.3 is 17.9 Å². The van der Waals surface area contributed by atoms with Crippen LogP contribution >= 0.6 is 0 Å². The van der Waals surface area contributed by atoms with Gasteiger partial charge in [0.15, 0.2) is 5.78 Å². The molecule has 1 saturated carbocycles. The number of nitrogens with zero attached hydrogens (tertiary/aromatic N) is 1. The summed E-state index contributed by atoms with van der Waals surface area (Å²) >= 11 is 0. The monoisotopic (exact) mass is 1080 g/mol. The Morgan fingerprint density at radius 1 is 0.844 bits per heavy atom. The molecule has 3 fully saturated rings. The molecule has 17 nitrogen and oxygen atoms in total. The number of fused-ring (bicyclic) bond motifs is 3. The van der Waals surface area contributed by atoms with Crippen LogP contribution in [0.15, 0.2) is 47.6 Å². The molecule has 17 heteroatoms. The molecule has 0 radical (unpaired) electrons. The van der Waals surface area contributed by atoms with Gasteiger partial charge in [-0.05, 0) is 126 Å². The number of hydrogen-bond acceptors (Lipinski definition) is 15. The average Bonchev–Trinajstić information content (AvgIpc) is 3.38. The summed E-state index contributed by atoms with van der Waals surface area (Å²) in [5, 5.41) is 33.1. The highest BCUT2D eigenvalue weighted by Gasteiger charge is 2.53. The number of aliphatic hydroxyl groups excluding tert-OH is 1. The van der Waals surface area contributed by atoms with E-state index in [0.29, 0.717) is 63.4 Å². The minimum Gasteiger partial charge on any atom is -0.481 e. The Balaban J connectivity index is 1.69. The van der Waals surface area contributed by atoms with E-state index in [1.807, 2.05) is 51.2 Å². The number of carbonyl (C=O) groups excluding carboxylic acids is 6. The molecule has 3 N–H and O–H groups in total. The van der Waals surface area contributed by atoms with Crippen LogP contribution in [0, 0.1) is 46.3 Å². The molecule has 434 valence electrons. The summed E-state index contributed by atoms with van der Waals surface area (Å²) in [6.45, 7) is 19.4. The number of rotatable bonds is 11. The zero-order valence-electron chi connectivity index (χ0n) is 48.5. The van der Waals surface area contributed by atoms with Crippen molar-refractivity contribution < 1.29 is 77.3 Å². The van der Waals surface area contributed by atoms with E-state index in [1.54, 1.807) is 68.6 Å². The molecule has 2 bridgehead atoms. The smallest absolute Gasteiger partial charge is 0.329 e. The van der Waals surface area contributed by atoms with Crippen molar-refractivity contribution in [1.82, 2.24) is 4.90 Å². The van der Waals surface area contributed by atoms with Crippen LogP contribution in [0.1, 0.15) is 160 Å². The summed E-state index contributed by atoms with van der Waals surface area (Å²) in [6.07, 6.45) is 9.65. The molecule has 2 saturated heterocycles. The highest BCUT2D eigenvalue weighted by Crippen LogP contribution is 2.44. The lowest BCUT2D eigenvalue weighted by atomic mass is 9.66. The van der Waals surface area contributed by atoms with Crippen molar-refractivity contribution in [1.29, 1.82) is 0 Å². The van der Waals surface area contributed by atoms with Crippen molar-refractivity contribution in [3.05, 3.63) is 47.6 Å². The Morgan fingerprint density at radius 2 is 1.53 bits per heavy atom. The van der Waals surface area contributed by atoms with Gasteiger partial charge in [0.05, 0.1) is 30.1 Å². The van der Waals surface area contributed by atoms with Crippen molar-refractivity contribution in [2.24, 2.45) is 46.3 Å². The van der Waals surface area contributed by atoms with E-state index < -0.39 is 119 Å². The largest absolute Gasteiger partial charge is 0.481 e. The number of carbonyl (C=O) groups is 7. The number of ketones is 3. The summed E-state index contributed by atoms with van der Waals surface area (Å²) < 4.78 is 35.9. The van der Waals surface area contributed by atoms with Crippen LogP contribution in [0.25, 0.3) is 0 Å². The Hall–Kier alpha value is -4.39. The van der Waals surface area contributed by atoms with Crippen LogP contribution in [0.5, 0.6) is 0 Å². The van der Waals surface area contributed by atoms with Gasteiger partial charge in [0.25, 0.3) is 11.7 Å². The van der Waals surface area contributed by atoms with Gasteiger partial charge in [0, 0.05) is 58.5 Å². The van der Waals surface area contributed by atoms with E-state index in [2.05, 4.69) is 0 Å². The highest BCUT2D eigenvalue weighted by molar-refractivity contribution is 6.39. The molecule has 77 heavy (non-hydrogen) atoms. The van der Waals surface area contributed by atoms with Gasteiger partial charge in [-0.15, -0.1) is 0 Å². The predicted octanol–water partition coefficient (Wildman–Crippen LogP) is 8.26. The van der Waals surface area contributed by atoms with Gasteiger partial charge in [0.2, 0.25) is 5.79 Å². The number of esters is 2. The normalized spacial score (nSPS) is 35.2.